The molecule has 0 atom stereocenters. The largest absolute Gasteiger partial charge is 0.312 e. The lowest BCUT2D eigenvalue weighted by molar-refractivity contribution is 0.730. The molecular weight excluding hydrogens is 282 g/mol. The Balaban J connectivity index is 2.42. The second-order valence-corrected chi connectivity index (χ2v) is 5.18. The molecule has 0 spiro atoms. The lowest BCUT2D eigenvalue weighted by atomic mass is 10.2. The molecule has 4 heteroatoms. The quantitative estimate of drug-likeness (QED) is 0.834. The van der Waals surface area contributed by atoms with Gasteiger partial charge in [0.1, 0.15) is 0 Å². The van der Waals surface area contributed by atoms with Gasteiger partial charge in [0, 0.05) is 28.3 Å². The molecule has 1 rings (SSSR count). The second kappa shape index (κ2) is 6.72. The Kier molecular flexibility index (Phi) is 5.94. The van der Waals surface area contributed by atoms with E-state index in [0.29, 0.717) is 0 Å². The second-order valence-electron chi connectivity index (χ2n) is 2.91. The predicted octanol–water partition coefficient (Wildman–Crippen LogP) is 3.56. The third kappa shape index (κ3) is 4.22. The summed E-state index contributed by atoms with van der Waals surface area (Å²) in [4.78, 5) is 0. The van der Waals surface area contributed by atoms with Gasteiger partial charge in [-0.1, -0.05) is 33.6 Å². The lowest BCUT2D eigenvalue weighted by Crippen LogP contribution is -2.16. The van der Waals surface area contributed by atoms with Crippen LogP contribution in [0.25, 0.3) is 0 Å². The summed E-state index contributed by atoms with van der Waals surface area (Å²) in [5.74, 6) is 1.14. The first-order chi connectivity index (χ1) is 6.74. The van der Waals surface area contributed by atoms with E-state index in [2.05, 4.69) is 27.5 Å². The molecular formula is C10H13BrClNS. The number of benzene rings is 1. The molecule has 0 saturated heterocycles. The van der Waals surface area contributed by atoms with Gasteiger partial charge >= 0.3 is 0 Å². The van der Waals surface area contributed by atoms with Crippen molar-refractivity contribution in [1.82, 2.24) is 5.32 Å². The van der Waals surface area contributed by atoms with Gasteiger partial charge in [-0.05, 0) is 24.0 Å². The molecule has 0 radical (unpaired) electrons. The van der Waals surface area contributed by atoms with Gasteiger partial charge in [-0.2, -0.15) is 11.8 Å². The number of halogens is 2. The first-order valence-electron chi connectivity index (χ1n) is 4.37. The Hall–Kier alpha value is 0.300. The van der Waals surface area contributed by atoms with Crippen LogP contribution in [0, 0.1) is 0 Å². The third-order valence-electron chi connectivity index (χ3n) is 1.81. The number of thioether (sulfide) groups is 1. The van der Waals surface area contributed by atoms with Crippen molar-refractivity contribution < 1.29 is 0 Å². The van der Waals surface area contributed by atoms with Crippen LogP contribution in [-0.2, 0) is 6.54 Å². The van der Waals surface area contributed by atoms with Crippen LogP contribution < -0.4 is 5.32 Å². The Morgan fingerprint density at radius 2 is 2.29 bits per heavy atom. The van der Waals surface area contributed by atoms with Gasteiger partial charge in [-0.15, -0.1) is 0 Å². The van der Waals surface area contributed by atoms with Crippen molar-refractivity contribution in [2.75, 3.05) is 18.6 Å². The highest BCUT2D eigenvalue weighted by Gasteiger charge is 1.99. The molecule has 0 aliphatic heterocycles. The molecule has 1 aromatic rings. The van der Waals surface area contributed by atoms with E-state index >= 15 is 0 Å². The van der Waals surface area contributed by atoms with E-state index in [1.807, 2.05) is 30.0 Å². The molecule has 78 valence electrons. The molecule has 14 heavy (non-hydrogen) atoms. The molecule has 0 heterocycles. The topological polar surface area (TPSA) is 12.0 Å². The minimum absolute atomic E-state index is 0.768. The van der Waals surface area contributed by atoms with Crippen molar-refractivity contribution in [3.63, 3.8) is 0 Å². The van der Waals surface area contributed by atoms with E-state index in [0.717, 1.165) is 28.3 Å². The van der Waals surface area contributed by atoms with Crippen LogP contribution >= 0.6 is 39.3 Å². The van der Waals surface area contributed by atoms with Crippen LogP contribution in [0.15, 0.2) is 22.7 Å². The molecule has 0 fully saturated rings. The summed E-state index contributed by atoms with van der Waals surface area (Å²) in [5.41, 5.74) is 1.25. The zero-order valence-corrected chi connectivity index (χ0v) is 11.2. The maximum atomic E-state index is 5.85. The first kappa shape index (κ1) is 12.4. The van der Waals surface area contributed by atoms with E-state index in [-0.39, 0.29) is 0 Å². The lowest BCUT2D eigenvalue weighted by Gasteiger charge is -2.06. The average Bonchev–Trinajstić information content (AvgIpc) is 2.15. The van der Waals surface area contributed by atoms with E-state index in [4.69, 9.17) is 11.6 Å². The summed E-state index contributed by atoms with van der Waals surface area (Å²) in [7, 11) is 0. The van der Waals surface area contributed by atoms with Gasteiger partial charge in [0.15, 0.2) is 0 Å². The maximum absolute atomic E-state index is 5.85. The Bertz CT molecular complexity index is 293. The highest BCUT2D eigenvalue weighted by molar-refractivity contribution is 9.10. The number of hydrogen-bond donors (Lipinski definition) is 1. The average molecular weight is 295 g/mol. The molecule has 0 bridgehead atoms. The fraction of sp³-hybridized carbons (Fsp3) is 0.400. The SMILES string of the molecule is CSCCNCc1ccc(Cl)cc1Br. The highest BCUT2D eigenvalue weighted by Crippen LogP contribution is 2.21. The molecule has 1 N–H and O–H groups in total. The van der Waals surface area contributed by atoms with Crippen molar-refractivity contribution in [1.29, 1.82) is 0 Å². The molecule has 1 nitrogen and oxygen atoms in total. The van der Waals surface area contributed by atoms with Crippen LogP contribution in [0.2, 0.25) is 5.02 Å². The third-order valence-corrected chi connectivity index (χ3v) is 3.40. The van der Waals surface area contributed by atoms with Gasteiger partial charge in [0.25, 0.3) is 0 Å². The maximum Gasteiger partial charge on any atom is 0.0417 e. The Labute approximate surface area is 103 Å². The molecule has 0 aliphatic rings. The smallest absolute Gasteiger partial charge is 0.0417 e. The van der Waals surface area contributed by atoms with E-state index in [1.54, 1.807) is 0 Å². The van der Waals surface area contributed by atoms with Gasteiger partial charge in [-0.25, -0.2) is 0 Å². The van der Waals surface area contributed by atoms with Crippen molar-refractivity contribution in [3.8, 4) is 0 Å². The summed E-state index contributed by atoms with van der Waals surface area (Å²) in [6.07, 6.45) is 2.11. The predicted molar refractivity (Wildman–Crippen MR) is 69.2 cm³/mol. The standard InChI is InChI=1S/C10H13BrClNS/c1-14-5-4-13-7-8-2-3-9(12)6-10(8)11/h2-3,6,13H,4-5,7H2,1H3. The summed E-state index contributed by atoms with van der Waals surface area (Å²) >= 11 is 11.2. The van der Waals surface area contributed by atoms with E-state index in [1.165, 1.54) is 5.56 Å². The minimum Gasteiger partial charge on any atom is -0.312 e. The van der Waals surface area contributed by atoms with Gasteiger partial charge in [-0.3, -0.25) is 0 Å². The van der Waals surface area contributed by atoms with Crippen molar-refractivity contribution in [2.45, 2.75) is 6.54 Å². The van der Waals surface area contributed by atoms with Crippen molar-refractivity contribution in [2.24, 2.45) is 0 Å². The summed E-state index contributed by atoms with van der Waals surface area (Å²) in [6.45, 7) is 1.93. The van der Waals surface area contributed by atoms with Gasteiger partial charge < -0.3 is 5.32 Å². The van der Waals surface area contributed by atoms with Gasteiger partial charge in [0.05, 0.1) is 0 Å². The number of nitrogens with one attached hydrogen (secondary N) is 1. The van der Waals surface area contributed by atoms with Crippen molar-refractivity contribution in [3.05, 3.63) is 33.3 Å². The van der Waals surface area contributed by atoms with E-state index < -0.39 is 0 Å². The molecule has 0 amide bonds. The summed E-state index contributed by atoms with van der Waals surface area (Å²) in [5, 5.41) is 4.14. The fourth-order valence-corrected chi connectivity index (χ4v) is 2.23. The fourth-order valence-electron chi connectivity index (χ4n) is 1.06. The molecule has 0 aromatic heterocycles. The summed E-state index contributed by atoms with van der Waals surface area (Å²) in [6, 6.07) is 5.88. The van der Waals surface area contributed by atoms with Crippen LogP contribution in [0.1, 0.15) is 5.56 Å². The highest BCUT2D eigenvalue weighted by atomic mass is 79.9. The summed E-state index contributed by atoms with van der Waals surface area (Å²) < 4.78 is 1.07. The van der Waals surface area contributed by atoms with Crippen LogP contribution in [0.5, 0.6) is 0 Å². The molecule has 0 aliphatic carbocycles. The zero-order valence-electron chi connectivity index (χ0n) is 8.02. The Morgan fingerprint density at radius 1 is 1.50 bits per heavy atom. The first-order valence-corrected chi connectivity index (χ1v) is 6.94. The van der Waals surface area contributed by atoms with Crippen LogP contribution in [-0.4, -0.2) is 18.6 Å². The van der Waals surface area contributed by atoms with E-state index in [9.17, 15) is 0 Å². The molecule has 0 unspecified atom stereocenters. The molecule has 1 aromatic carbocycles. The normalized spacial score (nSPS) is 10.5. The van der Waals surface area contributed by atoms with Crippen LogP contribution in [0.3, 0.4) is 0 Å². The van der Waals surface area contributed by atoms with Crippen LogP contribution in [0.4, 0.5) is 0 Å². The minimum atomic E-state index is 0.768. The Morgan fingerprint density at radius 3 is 2.93 bits per heavy atom. The number of hydrogen-bond acceptors (Lipinski definition) is 2. The number of rotatable bonds is 5. The molecule has 0 saturated carbocycles. The monoisotopic (exact) mass is 293 g/mol. The van der Waals surface area contributed by atoms with Crippen molar-refractivity contribution >= 4 is 39.3 Å². The zero-order chi connectivity index (χ0) is 10.4. The van der Waals surface area contributed by atoms with Gasteiger partial charge in [0.2, 0.25) is 0 Å².